The van der Waals surface area contributed by atoms with Crippen LogP contribution in [0.3, 0.4) is 0 Å². The Morgan fingerprint density at radius 2 is 1.71 bits per heavy atom. The maximum atomic E-state index is 13.0. The summed E-state index contributed by atoms with van der Waals surface area (Å²) in [5.41, 5.74) is 10.5. The molecule has 3 N–H and O–H groups in total. The summed E-state index contributed by atoms with van der Waals surface area (Å²) in [4.78, 5) is 34.3. The third-order valence-electron chi connectivity index (χ3n) is 5.19. The summed E-state index contributed by atoms with van der Waals surface area (Å²) in [5, 5.41) is 5.43. The summed E-state index contributed by atoms with van der Waals surface area (Å²) in [5.74, 6) is -0.179. The lowest BCUT2D eigenvalue weighted by Gasteiger charge is -2.13. The van der Waals surface area contributed by atoms with Crippen molar-refractivity contribution in [3.63, 3.8) is 0 Å². The molecule has 0 fully saturated rings. The van der Waals surface area contributed by atoms with Gasteiger partial charge in [-0.05, 0) is 32.4 Å². The van der Waals surface area contributed by atoms with Gasteiger partial charge in [0.05, 0.1) is 16.5 Å². The molecule has 0 saturated heterocycles. The molecule has 172 valence electrons. The van der Waals surface area contributed by atoms with Crippen molar-refractivity contribution in [2.45, 2.75) is 31.0 Å². The van der Waals surface area contributed by atoms with Crippen LogP contribution < -0.4 is 11.1 Å². The molecule has 1 atom stereocenters. The van der Waals surface area contributed by atoms with Crippen LogP contribution in [0, 0.1) is 13.8 Å². The van der Waals surface area contributed by atoms with Gasteiger partial charge in [0.15, 0.2) is 0 Å². The van der Waals surface area contributed by atoms with E-state index in [1.165, 1.54) is 23.1 Å². The van der Waals surface area contributed by atoms with Crippen molar-refractivity contribution in [3.05, 3.63) is 83.0 Å². The average Bonchev–Trinajstić information content (AvgIpc) is 3.23. The molecular formula is C26H24N4O2S2. The second-order valence-electron chi connectivity index (χ2n) is 7.84. The van der Waals surface area contributed by atoms with Crippen molar-refractivity contribution in [2.75, 3.05) is 5.32 Å². The predicted molar refractivity (Wildman–Crippen MR) is 139 cm³/mol. The third-order valence-corrected chi connectivity index (χ3v) is 7.10. The minimum atomic E-state index is -0.577. The van der Waals surface area contributed by atoms with Crippen LogP contribution in [-0.4, -0.2) is 27.0 Å². The van der Waals surface area contributed by atoms with Crippen LogP contribution >= 0.6 is 23.1 Å². The van der Waals surface area contributed by atoms with Gasteiger partial charge in [0.2, 0.25) is 5.91 Å². The number of nitrogens with one attached hydrogen (secondary N) is 1. The number of hydrogen-bond donors (Lipinski definition) is 2. The molecule has 2 heterocycles. The van der Waals surface area contributed by atoms with E-state index in [1.54, 1.807) is 6.92 Å². The van der Waals surface area contributed by atoms with Crippen LogP contribution in [0.5, 0.6) is 0 Å². The molecule has 6 nitrogen and oxygen atoms in total. The number of aromatic nitrogens is 2. The lowest BCUT2D eigenvalue weighted by molar-refractivity contribution is -0.115. The zero-order valence-corrected chi connectivity index (χ0v) is 20.7. The van der Waals surface area contributed by atoms with E-state index in [1.807, 2.05) is 79.9 Å². The van der Waals surface area contributed by atoms with Gasteiger partial charge in [0.25, 0.3) is 5.91 Å². The van der Waals surface area contributed by atoms with E-state index in [9.17, 15) is 9.59 Å². The summed E-state index contributed by atoms with van der Waals surface area (Å²) >= 11 is 2.63. The molecule has 1 unspecified atom stereocenters. The molecule has 0 spiro atoms. The first-order valence-electron chi connectivity index (χ1n) is 10.7. The van der Waals surface area contributed by atoms with Crippen molar-refractivity contribution in [1.29, 1.82) is 0 Å². The summed E-state index contributed by atoms with van der Waals surface area (Å²) in [6, 6.07) is 19.5. The zero-order valence-electron chi connectivity index (χ0n) is 19.0. The van der Waals surface area contributed by atoms with Gasteiger partial charge in [-0.2, -0.15) is 0 Å². The van der Waals surface area contributed by atoms with Gasteiger partial charge in [0, 0.05) is 16.5 Å². The first-order valence-corrected chi connectivity index (χ1v) is 12.4. The van der Waals surface area contributed by atoms with Gasteiger partial charge in [-0.1, -0.05) is 71.9 Å². The second-order valence-corrected chi connectivity index (χ2v) is 10.1. The smallest absolute Gasteiger partial charge is 0.252 e. The van der Waals surface area contributed by atoms with Gasteiger partial charge in [-0.15, -0.1) is 11.3 Å². The number of hydrogen-bond acceptors (Lipinski definition) is 6. The minimum Gasteiger partial charge on any atom is -0.365 e. The van der Waals surface area contributed by atoms with Crippen molar-refractivity contribution >= 4 is 39.9 Å². The topological polar surface area (TPSA) is 98.0 Å². The number of carbonyl (C=O) groups is 2. The summed E-state index contributed by atoms with van der Waals surface area (Å²) in [7, 11) is 0. The molecule has 34 heavy (non-hydrogen) atoms. The van der Waals surface area contributed by atoms with Gasteiger partial charge in [-0.3, -0.25) is 9.59 Å². The van der Waals surface area contributed by atoms with Crippen LogP contribution in [0.15, 0.2) is 71.1 Å². The van der Waals surface area contributed by atoms with Gasteiger partial charge < -0.3 is 11.1 Å². The van der Waals surface area contributed by atoms with Crippen molar-refractivity contribution < 1.29 is 9.59 Å². The van der Waals surface area contributed by atoms with Crippen LogP contribution in [0.25, 0.3) is 22.4 Å². The molecule has 0 aliphatic carbocycles. The van der Waals surface area contributed by atoms with Gasteiger partial charge in [0.1, 0.15) is 15.9 Å². The molecular weight excluding hydrogens is 464 g/mol. The van der Waals surface area contributed by atoms with Crippen molar-refractivity contribution in [1.82, 2.24) is 9.97 Å². The second kappa shape index (κ2) is 10.2. The number of thioether (sulfide) groups is 1. The number of carbonyl (C=O) groups excluding carboxylic acids is 2. The Bertz CT molecular complexity index is 1330. The summed E-state index contributed by atoms with van der Waals surface area (Å²) in [6.45, 7) is 5.63. The highest BCUT2D eigenvalue weighted by Crippen LogP contribution is 2.36. The lowest BCUT2D eigenvalue weighted by Crippen LogP contribution is -2.24. The molecule has 0 bridgehead atoms. The molecule has 4 aromatic rings. The fourth-order valence-corrected chi connectivity index (χ4v) is 5.32. The molecule has 4 rings (SSSR count). The van der Waals surface area contributed by atoms with Gasteiger partial charge >= 0.3 is 0 Å². The Kier molecular flexibility index (Phi) is 7.09. The predicted octanol–water partition coefficient (Wildman–Crippen LogP) is 5.71. The molecule has 2 amide bonds. The van der Waals surface area contributed by atoms with Crippen LogP contribution in [0.2, 0.25) is 0 Å². The number of rotatable bonds is 7. The van der Waals surface area contributed by atoms with E-state index in [0.717, 1.165) is 22.4 Å². The number of primary amides is 1. The standard InChI is InChI=1S/C26H24N4O2S2/c1-15-9-11-18(12-10-15)20-14-33-26(23(20)24(27)31)30-25(32)16(2)34-22-13-21(28-17(3)29-22)19-7-5-4-6-8-19/h4-14,16H,1-3H3,(H2,27,31)(H,30,32). The molecule has 8 heteroatoms. The van der Waals surface area contributed by atoms with Crippen LogP contribution in [0.1, 0.15) is 28.7 Å². The molecule has 0 aliphatic heterocycles. The lowest BCUT2D eigenvalue weighted by atomic mass is 10.0. The summed E-state index contributed by atoms with van der Waals surface area (Å²) < 4.78 is 0. The number of benzene rings is 2. The maximum absolute atomic E-state index is 13.0. The summed E-state index contributed by atoms with van der Waals surface area (Å²) in [6.07, 6.45) is 0. The normalized spacial score (nSPS) is 11.7. The maximum Gasteiger partial charge on any atom is 0.252 e. The highest BCUT2D eigenvalue weighted by molar-refractivity contribution is 8.00. The Hall–Kier alpha value is -3.49. The Morgan fingerprint density at radius 1 is 1.00 bits per heavy atom. The van der Waals surface area contributed by atoms with E-state index in [4.69, 9.17) is 5.73 Å². The first-order chi connectivity index (χ1) is 16.3. The first kappa shape index (κ1) is 23.7. The highest BCUT2D eigenvalue weighted by atomic mass is 32.2. The van der Waals surface area contributed by atoms with Crippen molar-refractivity contribution in [2.24, 2.45) is 5.73 Å². The number of nitrogens with two attached hydrogens (primary N) is 1. The van der Waals surface area contributed by atoms with Crippen molar-refractivity contribution in [3.8, 4) is 22.4 Å². The Labute approximate surface area is 206 Å². The number of nitrogens with zero attached hydrogens (tertiary/aromatic N) is 2. The van der Waals surface area contributed by atoms with Crippen LogP contribution in [0.4, 0.5) is 5.00 Å². The molecule has 0 aliphatic rings. The fourth-order valence-electron chi connectivity index (χ4n) is 3.45. The van der Waals surface area contributed by atoms with E-state index < -0.39 is 11.2 Å². The molecule has 0 radical (unpaired) electrons. The fraction of sp³-hybridized carbons (Fsp3) is 0.154. The van der Waals surface area contributed by atoms with E-state index in [-0.39, 0.29) is 5.91 Å². The zero-order chi connectivity index (χ0) is 24.2. The largest absolute Gasteiger partial charge is 0.365 e. The Balaban J connectivity index is 1.53. The molecule has 2 aromatic heterocycles. The SMILES string of the molecule is Cc1ccc(-c2csc(NC(=O)C(C)Sc3cc(-c4ccccc4)nc(C)n3)c2C(N)=O)cc1. The Morgan fingerprint density at radius 3 is 2.38 bits per heavy atom. The average molecular weight is 489 g/mol. The van der Waals surface area contributed by atoms with E-state index in [2.05, 4.69) is 15.3 Å². The number of amides is 2. The third kappa shape index (κ3) is 5.35. The quantitative estimate of drug-likeness (QED) is 0.257. The minimum absolute atomic E-state index is 0.234. The van der Waals surface area contributed by atoms with E-state index in [0.29, 0.717) is 27.0 Å². The van der Waals surface area contributed by atoms with Crippen LogP contribution in [-0.2, 0) is 4.79 Å². The monoisotopic (exact) mass is 488 g/mol. The highest BCUT2D eigenvalue weighted by Gasteiger charge is 2.23. The van der Waals surface area contributed by atoms with Gasteiger partial charge in [-0.25, -0.2) is 9.97 Å². The molecule has 2 aromatic carbocycles. The number of aryl methyl sites for hydroxylation is 2. The number of thiophene rings is 1. The number of anilines is 1. The van der Waals surface area contributed by atoms with E-state index >= 15 is 0 Å². The molecule has 0 saturated carbocycles.